The molecule has 0 bridgehead atoms. The summed E-state index contributed by atoms with van der Waals surface area (Å²) in [6.45, 7) is 4.01. The quantitative estimate of drug-likeness (QED) is 0.682. The molecule has 6 heteroatoms. The Bertz CT molecular complexity index is 306. The van der Waals surface area contributed by atoms with Crippen molar-refractivity contribution in [3.63, 3.8) is 0 Å². The van der Waals surface area contributed by atoms with Crippen molar-refractivity contribution in [1.82, 2.24) is 20.4 Å². The van der Waals surface area contributed by atoms with E-state index in [2.05, 4.69) is 10.6 Å². The zero-order valence-electron chi connectivity index (χ0n) is 9.15. The molecule has 2 heterocycles. The van der Waals surface area contributed by atoms with Gasteiger partial charge in [-0.25, -0.2) is 9.59 Å². The van der Waals surface area contributed by atoms with Gasteiger partial charge >= 0.3 is 12.1 Å². The third-order valence-corrected chi connectivity index (χ3v) is 3.16. The van der Waals surface area contributed by atoms with E-state index in [1.165, 1.54) is 0 Å². The predicted molar refractivity (Wildman–Crippen MR) is 54.0 cm³/mol. The number of amides is 4. The highest BCUT2D eigenvalue weighted by atomic mass is 16.2. The second kappa shape index (κ2) is 3.29. The van der Waals surface area contributed by atoms with E-state index in [1.54, 1.807) is 16.8 Å². The summed E-state index contributed by atoms with van der Waals surface area (Å²) in [6, 6.07) is -0.111. The van der Waals surface area contributed by atoms with Crippen LogP contribution < -0.4 is 10.6 Å². The molecule has 0 radical (unpaired) electrons. The predicted octanol–water partition coefficient (Wildman–Crippen LogP) is 0.117. The molecular formula is C9H16N4O2. The molecule has 2 aliphatic heterocycles. The van der Waals surface area contributed by atoms with Crippen LogP contribution in [-0.2, 0) is 0 Å². The Hall–Kier alpha value is -1.46. The summed E-state index contributed by atoms with van der Waals surface area (Å²) in [6.07, 6.45) is 0.405. The minimum atomic E-state index is -0.237. The van der Waals surface area contributed by atoms with Gasteiger partial charge in [0.2, 0.25) is 0 Å². The minimum absolute atomic E-state index is 0.0353. The topological polar surface area (TPSA) is 64.7 Å². The fourth-order valence-electron chi connectivity index (χ4n) is 2.08. The van der Waals surface area contributed by atoms with Crippen molar-refractivity contribution in [2.45, 2.75) is 38.6 Å². The van der Waals surface area contributed by atoms with Crippen molar-refractivity contribution < 1.29 is 9.59 Å². The first kappa shape index (κ1) is 10.1. The Balaban J connectivity index is 2.24. The first-order chi connectivity index (χ1) is 7.06. The highest BCUT2D eigenvalue weighted by Crippen LogP contribution is 2.24. The number of urea groups is 2. The Morgan fingerprint density at radius 3 is 2.53 bits per heavy atom. The van der Waals surface area contributed by atoms with Crippen LogP contribution in [0, 0.1) is 0 Å². The van der Waals surface area contributed by atoms with Crippen molar-refractivity contribution in [3.05, 3.63) is 0 Å². The highest BCUT2D eigenvalue weighted by molar-refractivity contribution is 5.84. The van der Waals surface area contributed by atoms with Gasteiger partial charge in [0.05, 0.1) is 0 Å². The summed E-state index contributed by atoms with van der Waals surface area (Å²) in [5.41, 5.74) is 0. The Labute approximate surface area is 88.6 Å². The zero-order chi connectivity index (χ0) is 11.2. The smallest absolute Gasteiger partial charge is 0.314 e. The summed E-state index contributed by atoms with van der Waals surface area (Å²) in [4.78, 5) is 26.4. The monoisotopic (exact) mass is 212 g/mol. The van der Waals surface area contributed by atoms with Gasteiger partial charge in [0, 0.05) is 13.1 Å². The second-order valence-electron chi connectivity index (χ2n) is 4.07. The number of nitrogens with one attached hydrogen (secondary N) is 2. The second-order valence-corrected chi connectivity index (χ2v) is 4.07. The maximum atomic E-state index is 11.9. The molecule has 6 nitrogen and oxygen atoms in total. The fraction of sp³-hybridized carbons (Fsp3) is 0.778. The van der Waals surface area contributed by atoms with Crippen LogP contribution in [0.4, 0.5) is 9.59 Å². The lowest BCUT2D eigenvalue weighted by molar-refractivity contribution is 0.164. The van der Waals surface area contributed by atoms with Gasteiger partial charge < -0.3 is 15.5 Å². The van der Waals surface area contributed by atoms with Crippen LogP contribution in [0.5, 0.6) is 0 Å². The lowest BCUT2D eigenvalue weighted by Crippen LogP contribution is -2.47. The van der Waals surface area contributed by atoms with Gasteiger partial charge in [0.25, 0.3) is 0 Å². The molecule has 2 N–H and O–H groups in total. The van der Waals surface area contributed by atoms with E-state index >= 15 is 0 Å². The SMILES string of the molecule is CC[C@@H](C)N1C(=O)N(C)[C@@H]2NC(=O)N[C@H]21. The molecule has 2 aliphatic rings. The Morgan fingerprint density at radius 2 is 1.93 bits per heavy atom. The molecule has 4 amide bonds. The van der Waals surface area contributed by atoms with Crippen LogP contribution in [0.3, 0.4) is 0 Å². The summed E-state index contributed by atoms with van der Waals surface area (Å²) < 4.78 is 0. The van der Waals surface area contributed by atoms with Gasteiger partial charge in [-0.2, -0.15) is 0 Å². The van der Waals surface area contributed by atoms with E-state index in [9.17, 15) is 9.59 Å². The maximum Gasteiger partial charge on any atom is 0.323 e. The molecule has 0 spiro atoms. The van der Waals surface area contributed by atoms with Crippen molar-refractivity contribution >= 4 is 12.1 Å². The number of carbonyl (C=O) groups is 2. The molecule has 0 aromatic rings. The maximum absolute atomic E-state index is 11.9. The molecule has 84 valence electrons. The number of likely N-dealkylation sites (N-methyl/N-ethyl adjacent to an activating group) is 1. The number of fused-ring (bicyclic) bond motifs is 1. The molecule has 15 heavy (non-hydrogen) atoms. The largest absolute Gasteiger partial charge is 0.323 e. The summed E-state index contributed by atoms with van der Waals surface area (Å²) in [5.74, 6) is 0. The highest BCUT2D eigenvalue weighted by Gasteiger charge is 2.50. The van der Waals surface area contributed by atoms with E-state index in [0.717, 1.165) is 6.42 Å². The van der Waals surface area contributed by atoms with Crippen LogP contribution in [0.2, 0.25) is 0 Å². The molecule has 0 saturated carbocycles. The van der Waals surface area contributed by atoms with Crippen LogP contribution in [0.25, 0.3) is 0 Å². The first-order valence-electron chi connectivity index (χ1n) is 5.18. The molecule has 3 atom stereocenters. The van der Waals surface area contributed by atoms with E-state index in [1.807, 2.05) is 13.8 Å². The van der Waals surface area contributed by atoms with Crippen molar-refractivity contribution in [2.24, 2.45) is 0 Å². The molecule has 0 aliphatic carbocycles. The van der Waals surface area contributed by atoms with E-state index < -0.39 is 0 Å². The molecular weight excluding hydrogens is 196 g/mol. The lowest BCUT2D eigenvalue weighted by Gasteiger charge is -2.27. The minimum Gasteiger partial charge on any atom is -0.314 e. The van der Waals surface area contributed by atoms with E-state index in [0.29, 0.717) is 0 Å². The molecule has 0 aromatic carbocycles. The van der Waals surface area contributed by atoms with Gasteiger partial charge in [0.1, 0.15) is 12.3 Å². The van der Waals surface area contributed by atoms with Gasteiger partial charge in [-0.1, -0.05) is 6.92 Å². The number of rotatable bonds is 2. The lowest BCUT2D eigenvalue weighted by atomic mass is 10.2. The first-order valence-corrected chi connectivity index (χ1v) is 5.18. The average molecular weight is 212 g/mol. The van der Waals surface area contributed by atoms with Gasteiger partial charge in [-0.3, -0.25) is 4.90 Å². The van der Waals surface area contributed by atoms with Crippen molar-refractivity contribution in [2.75, 3.05) is 7.05 Å². The van der Waals surface area contributed by atoms with E-state index in [-0.39, 0.29) is 30.4 Å². The number of hydrogen-bond acceptors (Lipinski definition) is 2. The molecule has 2 saturated heterocycles. The normalized spacial score (nSPS) is 31.4. The fourth-order valence-corrected chi connectivity index (χ4v) is 2.08. The van der Waals surface area contributed by atoms with Crippen molar-refractivity contribution in [1.29, 1.82) is 0 Å². The zero-order valence-corrected chi connectivity index (χ0v) is 9.15. The summed E-state index contributed by atoms with van der Waals surface area (Å²) in [5, 5.41) is 5.47. The van der Waals surface area contributed by atoms with Gasteiger partial charge in [-0.05, 0) is 13.3 Å². The van der Waals surface area contributed by atoms with E-state index in [4.69, 9.17) is 0 Å². The van der Waals surface area contributed by atoms with Crippen LogP contribution in [-0.4, -0.2) is 47.3 Å². The number of carbonyl (C=O) groups excluding carboxylic acids is 2. The van der Waals surface area contributed by atoms with Crippen LogP contribution in [0.1, 0.15) is 20.3 Å². The van der Waals surface area contributed by atoms with Crippen molar-refractivity contribution in [3.8, 4) is 0 Å². The third kappa shape index (κ3) is 1.32. The van der Waals surface area contributed by atoms with Crippen LogP contribution >= 0.6 is 0 Å². The summed E-state index contributed by atoms with van der Waals surface area (Å²) in [7, 11) is 1.70. The number of hydrogen-bond donors (Lipinski definition) is 2. The average Bonchev–Trinajstić information content (AvgIpc) is 2.66. The van der Waals surface area contributed by atoms with Crippen LogP contribution in [0.15, 0.2) is 0 Å². The Kier molecular flexibility index (Phi) is 2.21. The Morgan fingerprint density at radius 1 is 1.33 bits per heavy atom. The molecule has 0 unspecified atom stereocenters. The van der Waals surface area contributed by atoms with Gasteiger partial charge in [0.15, 0.2) is 0 Å². The molecule has 2 fully saturated rings. The summed E-state index contributed by atoms with van der Waals surface area (Å²) >= 11 is 0. The van der Waals surface area contributed by atoms with Gasteiger partial charge in [-0.15, -0.1) is 0 Å². The standard InChI is InChI=1S/C9H16N4O2/c1-4-5(2)13-7-6(10-8(14)11-7)12(3)9(13)15/h5-7H,4H2,1-3H3,(H2,10,11,14)/t5-,6+,7+/m1/s1. The molecule has 0 aromatic heterocycles. The third-order valence-electron chi connectivity index (χ3n) is 3.16. The number of nitrogens with zero attached hydrogens (tertiary/aromatic N) is 2. The molecule has 2 rings (SSSR count).